The number of aliphatic hydroxyl groups is 1. The van der Waals surface area contributed by atoms with Gasteiger partial charge in [0, 0.05) is 37.4 Å². The Bertz CT molecular complexity index is 897. The minimum atomic E-state index is -3.28. The van der Waals surface area contributed by atoms with Crippen molar-refractivity contribution < 1.29 is 18.3 Å². The molecule has 2 rings (SSSR count). The fraction of sp³-hybridized carbons (Fsp3) is 0.565. The third-order valence-electron chi connectivity index (χ3n) is 4.75. The molecule has 0 aliphatic rings. The molecule has 1 unspecified atom stereocenters. The van der Waals surface area contributed by atoms with Crippen molar-refractivity contribution in [2.24, 2.45) is 0 Å². The van der Waals surface area contributed by atoms with Crippen molar-refractivity contribution in [2.45, 2.75) is 63.8 Å². The zero-order valence-electron chi connectivity index (χ0n) is 19.9. The van der Waals surface area contributed by atoms with Gasteiger partial charge in [0.1, 0.15) is 5.82 Å². The lowest BCUT2D eigenvalue weighted by molar-refractivity contribution is 0.192. The summed E-state index contributed by atoms with van der Waals surface area (Å²) in [5.41, 5.74) is 1.44. The molecule has 0 saturated carbocycles. The van der Waals surface area contributed by atoms with Crippen molar-refractivity contribution >= 4 is 27.3 Å². The number of nitrogens with one attached hydrogen (secondary N) is 2. The van der Waals surface area contributed by atoms with Gasteiger partial charge in [0.15, 0.2) is 9.84 Å². The van der Waals surface area contributed by atoms with Crippen molar-refractivity contribution in [1.82, 2.24) is 9.97 Å². The third kappa shape index (κ3) is 10.4. The van der Waals surface area contributed by atoms with Crippen molar-refractivity contribution in [2.75, 3.05) is 37.2 Å². The molecule has 0 fully saturated rings. The number of ether oxygens (including phenoxy) is 1. The Morgan fingerprint density at radius 3 is 2.53 bits per heavy atom. The summed E-state index contributed by atoms with van der Waals surface area (Å²) in [6.45, 7) is 7.01. The number of hydrogen-bond donors (Lipinski definition) is 3. The van der Waals surface area contributed by atoms with Gasteiger partial charge in [-0.25, -0.2) is 13.4 Å². The number of anilines is 3. The smallest absolute Gasteiger partial charge is 0.229 e. The van der Waals surface area contributed by atoms with Gasteiger partial charge in [-0.3, -0.25) is 0 Å². The first kappa shape index (κ1) is 27.8. The summed E-state index contributed by atoms with van der Waals surface area (Å²) >= 11 is 0. The zero-order chi connectivity index (χ0) is 24.0. The Hall–Kier alpha value is -2.23. The summed E-state index contributed by atoms with van der Waals surface area (Å²) in [5.74, 6) is 0.981. The van der Waals surface area contributed by atoms with Crippen molar-refractivity contribution in [3.63, 3.8) is 0 Å². The van der Waals surface area contributed by atoms with Crippen molar-refractivity contribution in [1.29, 1.82) is 0 Å². The Kier molecular flexibility index (Phi) is 12.8. The Morgan fingerprint density at radius 2 is 1.94 bits per heavy atom. The summed E-state index contributed by atoms with van der Waals surface area (Å²) < 4.78 is 28.2. The van der Waals surface area contributed by atoms with Crippen LogP contribution in [0.1, 0.15) is 51.5 Å². The number of methoxy groups -OCH3 is 1. The van der Waals surface area contributed by atoms with E-state index in [0.717, 1.165) is 24.8 Å². The van der Waals surface area contributed by atoms with E-state index < -0.39 is 9.84 Å². The second-order valence-corrected chi connectivity index (χ2v) is 9.65. The molecule has 1 aromatic heterocycles. The lowest BCUT2D eigenvalue weighted by atomic mass is 10.2. The van der Waals surface area contributed by atoms with Crippen LogP contribution in [0.5, 0.6) is 0 Å². The lowest BCUT2D eigenvalue weighted by Crippen LogP contribution is -2.24. The summed E-state index contributed by atoms with van der Waals surface area (Å²) in [4.78, 5) is 8.84. The molecule has 2 aromatic rings. The summed E-state index contributed by atoms with van der Waals surface area (Å²) in [7, 11) is -1.52. The van der Waals surface area contributed by atoms with Crippen LogP contribution in [0, 0.1) is 6.92 Å². The monoisotopic (exact) mass is 466 g/mol. The highest BCUT2D eigenvalue weighted by atomic mass is 32.2. The van der Waals surface area contributed by atoms with Crippen molar-refractivity contribution in [3.05, 3.63) is 36.0 Å². The molecule has 1 atom stereocenters. The van der Waals surface area contributed by atoms with Gasteiger partial charge in [-0.1, -0.05) is 39.2 Å². The molecule has 0 spiro atoms. The number of hydrogen-bond acceptors (Lipinski definition) is 8. The quantitative estimate of drug-likeness (QED) is 0.396. The second-order valence-electron chi connectivity index (χ2n) is 7.64. The molecule has 3 N–H and O–H groups in total. The first-order chi connectivity index (χ1) is 15.2. The maximum atomic E-state index is 11.6. The normalized spacial score (nSPS) is 11.9. The highest BCUT2D eigenvalue weighted by molar-refractivity contribution is 7.90. The average Bonchev–Trinajstić information content (AvgIpc) is 2.77. The maximum Gasteiger partial charge on any atom is 0.229 e. The molecule has 32 heavy (non-hydrogen) atoms. The minimum Gasteiger partial charge on any atom is -0.394 e. The predicted molar refractivity (Wildman–Crippen MR) is 130 cm³/mol. The van der Waals surface area contributed by atoms with E-state index in [1.807, 2.05) is 13.8 Å². The van der Waals surface area contributed by atoms with E-state index in [4.69, 9.17) is 4.74 Å². The van der Waals surface area contributed by atoms with Gasteiger partial charge in [-0.05, 0) is 38.0 Å². The number of unbranched alkanes of at least 4 members (excludes halogenated alkanes) is 3. The number of aliphatic hydroxyl groups excluding tert-OH is 1. The molecule has 0 saturated heterocycles. The van der Waals surface area contributed by atoms with E-state index in [9.17, 15) is 13.5 Å². The number of aryl methyl sites for hydroxylation is 1. The molecule has 180 valence electrons. The summed E-state index contributed by atoms with van der Waals surface area (Å²) in [6, 6.07) is 6.39. The number of aromatic nitrogens is 2. The number of nitrogens with zero attached hydrogens (tertiary/aromatic N) is 2. The summed E-state index contributed by atoms with van der Waals surface area (Å²) in [6.07, 6.45) is 8.80. The molecule has 9 heteroatoms. The highest BCUT2D eigenvalue weighted by Gasteiger charge is 2.11. The minimum absolute atomic E-state index is 0.0130. The third-order valence-corrected chi connectivity index (χ3v) is 5.86. The molecule has 0 radical (unpaired) electrons. The SMILES string of the molecule is CCC(CO)Nc1nc(Nc2cccc(S(C)(=O)=O)c2)ncc1C.CCCCCCOC. The van der Waals surface area contributed by atoms with Gasteiger partial charge >= 0.3 is 0 Å². The predicted octanol–water partition coefficient (Wildman–Crippen LogP) is 4.33. The van der Waals surface area contributed by atoms with Gasteiger partial charge in [0.25, 0.3) is 0 Å². The number of rotatable bonds is 12. The van der Waals surface area contributed by atoms with Gasteiger partial charge in [0.05, 0.1) is 17.5 Å². The first-order valence-corrected chi connectivity index (χ1v) is 12.9. The second kappa shape index (κ2) is 14.8. The molecule has 0 amide bonds. The van der Waals surface area contributed by atoms with Gasteiger partial charge < -0.3 is 20.5 Å². The summed E-state index contributed by atoms with van der Waals surface area (Å²) in [5, 5.41) is 15.5. The van der Waals surface area contributed by atoms with Crippen LogP contribution in [-0.2, 0) is 14.6 Å². The van der Waals surface area contributed by atoms with E-state index in [0.29, 0.717) is 17.5 Å². The Balaban J connectivity index is 0.000000547. The van der Waals surface area contributed by atoms with Crippen LogP contribution in [0.2, 0.25) is 0 Å². The van der Waals surface area contributed by atoms with Crippen LogP contribution >= 0.6 is 0 Å². The van der Waals surface area contributed by atoms with Crippen molar-refractivity contribution in [3.8, 4) is 0 Å². The molecule has 8 nitrogen and oxygen atoms in total. The molecular weight excluding hydrogens is 428 g/mol. The van der Waals surface area contributed by atoms with Crippen LogP contribution in [-0.4, -0.2) is 56.1 Å². The Labute approximate surface area is 192 Å². The highest BCUT2D eigenvalue weighted by Crippen LogP contribution is 2.20. The van der Waals surface area contributed by atoms with E-state index in [1.54, 1.807) is 25.4 Å². The molecule has 0 bridgehead atoms. The van der Waals surface area contributed by atoms with E-state index in [1.165, 1.54) is 37.8 Å². The number of sulfone groups is 1. The van der Waals surface area contributed by atoms with Crippen LogP contribution in [0.4, 0.5) is 17.5 Å². The number of benzene rings is 1. The van der Waals surface area contributed by atoms with Gasteiger partial charge in [0.2, 0.25) is 5.95 Å². The average molecular weight is 467 g/mol. The van der Waals surface area contributed by atoms with Crippen LogP contribution in [0.25, 0.3) is 0 Å². The topological polar surface area (TPSA) is 113 Å². The fourth-order valence-electron chi connectivity index (χ4n) is 2.73. The first-order valence-electron chi connectivity index (χ1n) is 11.0. The molecule has 0 aliphatic carbocycles. The lowest BCUT2D eigenvalue weighted by Gasteiger charge is -2.17. The van der Waals surface area contributed by atoms with Crippen LogP contribution in [0.3, 0.4) is 0 Å². The van der Waals surface area contributed by atoms with Gasteiger partial charge in [-0.2, -0.15) is 4.98 Å². The molecule has 0 aliphatic heterocycles. The Morgan fingerprint density at radius 1 is 1.19 bits per heavy atom. The fourth-order valence-corrected chi connectivity index (χ4v) is 3.39. The van der Waals surface area contributed by atoms with E-state index in [2.05, 4.69) is 27.5 Å². The van der Waals surface area contributed by atoms with E-state index >= 15 is 0 Å². The van der Waals surface area contributed by atoms with Crippen LogP contribution < -0.4 is 10.6 Å². The molecule has 1 heterocycles. The van der Waals surface area contributed by atoms with E-state index in [-0.39, 0.29) is 17.5 Å². The zero-order valence-corrected chi connectivity index (χ0v) is 20.7. The standard InChI is InChI=1S/C16H22N4O3S.C7H16O/c1-4-12(10-21)18-15-11(2)9-17-16(20-15)19-13-6-5-7-14(8-13)24(3,22)23;1-3-4-5-6-7-8-2/h5-9,12,21H,4,10H2,1-3H3,(H2,17,18,19,20);3-7H2,1-2H3. The van der Waals surface area contributed by atoms with Crippen LogP contribution in [0.15, 0.2) is 35.4 Å². The maximum absolute atomic E-state index is 11.6. The molecule has 1 aromatic carbocycles. The molecular formula is C23H38N4O4S. The largest absolute Gasteiger partial charge is 0.394 e. The van der Waals surface area contributed by atoms with Gasteiger partial charge in [-0.15, -0.1) is 0 Å².